The van der Waals surface area contributed by atoms with Gasteiger partial charge in [0, 0.05) is 34.9 Å². The van der Waals surface area contributed by atoms with Crippen molar-refractivity contribution in [1.29, 1.82) is 0 Å². The number of nitrogens with zero attached hydrogens (tertiary/aromatic N) is 1. The summed E-state index contributed by atoms with van der Waals surface area (Å²) >= 11 is 0. The van der Waals surface area contributed by atoms with E-state index in [1.54, 1.807) is 24.4 Å². The molecule has 0 spiro atoms. The molecule has 0 amide bonds. The predicted octanol–water partition coefficient (Wildman–Crippen LogP) is 4.19. The van der Waals surface area contributed by atoms with Crippen LogP contribution in [0.4, 0.5) is 0 Å². The third-order valence-electron chi connectivity index (χ3n) is 4.41. The molecule has 1 aromatic heterocycles. The second kappa shape index (κ2) is 6.84. The van der Waals surface area contributed by atoms with Crippen molar-refractivity contribution in [3.63, 3.8) is 0 Å². The van der Waals surface area contributed by atoms with Crippen LogP contribution in [0.3, 0.4) is 0 Å². The summed E-state index contributed by atoms with van der Waals surface area (Å²) in [5, 5.41) is 9.99. The molecule has 4 rings (SSSR count). The Morgan fingerprint density at radius 1 is 1.04 bits per heavy atom. The molecule has 1 aliphatic carbocycles. The van der Waals surface area contributed by atoms with Crippen LogP contribution in [-0.4, -0.2) is 15.9 Å². The van der Waals surface area contributed by atoms with Crippen molar-refractivity contribution < 1.29 is 14.6 Å². The van der Waals surface area contributed by atoms with Gasteiger partial charge in [-0.25, -0.2) is 0 Å². The molecule has 1 heterocycles. The average Bonchev–Trinajstić information content (AvgIpc) is 2.99. The minimum absolute atomic E-state index is 0.0459. The molecule has 0 saturated carbocycles. The Morgan fingerprint density at radius 3 is 2.69 bits per heavy atom. The number of carbonyl (C=O) groups excluding carboxylic acids is 1. The topological polar surface area (TPSA) is 59.4 Å². The predicted molar refractivity (Wildman–Crippen MR) is 99.1 cm³/mol. The summed E-state index contributed by atoms with van der Waals surface area (Å²) in [7, 11) is 0. The molecule has 0 aliphatic heterocycles. The van der Waals surface area contributed by atoms with Crippen molar-refractivity contribution in [1.82, 2.24) is 4.98 Å². The standard InChI is InChI=1S/C22H17NO3/c24-20-9-5-8-18-19(20)13-16(22(18)25)12-15-6-1-2-10-21(15)26-14-17-7-3-4-11-23-17/h1-12,24H,13-14H2/b16-12-. The van der Waals surface area contributed by atoms with Crippen LogP contribution in [0.2, 0.25) is 0 Å². The van der Waals surface area contributed by atoms with E-state index in [4.69, 9.17) is 4.74 Å². The molecular weight excluding hydrogens is 326 g/mol. The van der Waals surface area contributed by atoms with Crippen molar-refractivity contribution in [2.45, 2.75) is 13.0 Å². The van der Waals surface area contributed by atoms with Crippen LogP contribution in [0.1, 0.15) is 27.2 Å². The van der Waals surface area contributed by atoms with E-state index in [0.717, 1.165) is 11.3 Å². The smallest absolute Gasteiger partial charge is 0.189 e. The monoisotopic (exact) mass is 343 g/mol. The minimum atomic E-state index is -0.0459. The summed E-state index contributed by atoms with van der Waals surface area (Å²) in [5.74, 6) is 0.813. The number of Topliss-reactive ketones (excluding diaryl/α,β-unsaturated/α-hetero) is 1. The second-order valence-electron chi connectivity index (χ2n) is 6.13. The first-order valence-electron chi connectivity index (χ1n) is 8.40. The second-order valence-corrected chi connectivity index (χ2v) is 6.13. The molecule has 3 aromatic rings. The van der Waals surface area contributed by atoms with Gasteiger partial charge in [0.1, 0.15) is 18.1 Å². The zero-order valence-corrected chi connectivity index (χ0v) is 14.1. The molecule has 1 aliphatic rings. The highest BCUT2D eigenvalue weighted by Gasteiger charge is 2.27. The third-order valence-corrected chi connectivity index (χ3v) is 4.41. The lowest BCUT2D eigenvalue weighted by Crippen LogP contribution is -2.00. The Balaban J connectivity index is 1.60. The lowest BCUT2D eigenvalue weighted by molar-refractivity contribution is 0.104. The van der Waals surface area contributed by atoms with E-state index in [9.17, 15) is 9.90 Å². The number of ketones is 1. The van der Waals surface area contributed by atoms with E-state index in [-0.39, 0.29) is 11.5 Å². The molecule has 4 nitrogen and oxygen atoms in total. The van der Waals surface area contributed by atoms with Gasteiger partial charge in [0.25, 0.3) is 0 Å². The molecule has 4 heteroatoms. The number of aromatic hydroxyl groups is 1. The Hall–Kier alpha value is -3.40. The number of benzene rings is 2. The summed E-state index contributed by atoms with van der Waals surface area (Å²) in [6.07, 6.45) is 4.00. The number of phenolic OH excluding ortho intramolecular Hbond substituents is 1. The SMILES string of the molecule is O=C1/C(=C\c2ccccc2OCc2ccccn2)Cc2c(O)cccc21. The summed E-state index contributed by atoms with van der Waals surface area (Å²) in [4.78, 5) is 16.9. The summed E-state index contributed by atoms with van der Waals surface area (Å²) in [5.41, 5.74) is 3.58. The summed E-state index contributed by atoms with van der Waals surface area (Å²) in [6.45, 7) is 0.357. The largest absolute Gasteiger partial charge is 0.508 e. The molecule has 0 radical (unpaired) electrons. The van der Waals surface area contributed by atoms with Gasteiger partial charge in [-0.2, -0.15) is 0 Å². The van der Waals surface area contributed by atoms with Gasteiger partial charge in [0.15, 0.2) is 5.78 Å². The van der Waals surface area contributed by atoms with E-state index < -0.39 is 0 Å². The molecule has 1 N–H and O–H groups in total. The van der Waals surface area contributed by atoms with Crippen LogP contribution in [0.15, 0.2) is 72.4 Å². The highest BCUT2D eigenvalue weighted by molar-refractivity contribution is 6.16. The Labute approximate surface area is 151 Å². The zero-order valence-electron chi connectivity index (χ0n) is 14.1. The van der Waals surface area contributed by atoms with E-state index in [2.05, 4.69) is 4.98 Å². The highest BCUT2D eigenvalue weighted by atomic mass is 16.5. The van der Waals surface area contributed by atoms with Crippen molar-refractivity contribution in [2.24, 2.45) is 0 Å². The van der Waals surface area contributed by atoms with Gasteiger partial charge >= 0.3 is 0 Å². The number of pyridine rings is 1. The van der Waals surface area contributed by atoms with Crippen LogP contribution in [0.25, 0.3) is 6.08 Å². The number of ether oxygens (including phenoxy) is 1. The number of aromatic nitrogens is 1. The van der Waals surface area contributed by atoms with Crippen LogP contribution >= 0.6 is 0 Å². The quantitative estimate of drug-likeness (QED) is 0.722. The molecule has 0 unspecified atom stereocenters. The average molecular weight is 343 g/mol. The fourth-order valence-electron chi connectivity index (χ4n) is 3.09. The number of allylic oxidation sites excluding steroid dienone is 1. The number of rotatable bonds is 4. The Kier molecular flexibility index (Phi) is 4.23. The Bertz CT molecular complexity index is 993. The minimum Gasteiger partial charge on any atom is -0.508 e. The summed E-state index contributed by atoms with van der Waals surface area (Å²) < 4.78 is 5.90. The van der Waals surface area contributed by atoms with Crippen LogP contribution in [0, 0.1) is 0 Å². The third kappa shape index (κ3) is 3.09. The molecular formula is C22H17NO3. The fraction of sp³-hybridized carbons (Fsp3) is 0.0909. The Morgan fingerprint density at radius 2 is 1.88 bits per heavy atom. The molecule has 26 heavy (non-hydrogen) atoms. The number of hydrogen-bond acceptors (Lipinski definition) is 4. The number of para-hydroxylation sites is 1. The zero-order chi connectivity index (χ0) is 17.9. The molecule has 0 saturated heterocycles. The molecule has 0 atom stereocenters. The summed E-state index contributed by atoms with van der Waals surface area (Å²) in [6, 6.07) is 18.3. The maximum Gasteiger partial charge on any atom is 0.189 e. The van der Waals surface area contributed by atoms with Crippen LogP contribution < -0.4 is 4.74 Å². The van der Waals surface area contributed by atoms with Gasteiger partial charge < -0.3 is 9.84 Å². The molecule has 0 fully saturated rings. The van der Waals surface area contributed by atoms with Crippen molar-refractivity contribution >= 4 is 11.9 Å². The molecule has 0 bridgehead atoms. The number of hydrogen-bond donors (Lipinski definition) is 1. The first kappa shape index (κ1) is 16.1. The molecule has 128 valence electrons. The number of phenols is 1. The van der Waals surface area contributed by atoms with E-state index in [1.165, 1.54) is 0 Å². The first-order chi connectivity index (χ1) is 12.7. The highest BCUT2D eigenvalue weighted by Crippen LogP contribution is 2.34. The maximum atomic E-state index is 12.6. The number of fused-ring (bicyclic) bond motifs is 1. The van der Waals surface area contributed by atoms with Crippen molar-refractivity contribution in [3.8, 4) is 11.5 Å². The van der Waals surface area contributed by atoms with Gasteiger partial charge in [-0.1, -0.05) is 36.4 Å². The first-order valence-corrected chi connectivity index (χ1v) is 8.40. The van der Waals surface area contributed by atoms with Gasteiger partial charge in [0.05, 0.1) is 5.69 Å². The van der Waals surface area contributed by atoms with E-state index >= 15 is 0 Å². The van der Waals surface area contributed by atoms with Gasteiger partial charge in [-0.05, 0) is 30.3 Å². The van der Waals surface area contributed by atoms with E-state index in [1.807, 2.05) is 48.5 Å². The molecule has 2 aromatic carbocycles. The van der Waals surface area contributed by atoms with Gasteiger partial charge in [0.2, 0.25) is 0 Å². The lowest BCUT2D eigenvalue weighted by Gasteiger charge is -2.09. The van der Waals surface area contributed by atoms with Crippen molar-refractivity contribution in [2.75, 3.05) is 0 Å². The van der Waals surface area contributed by atoms with Crippen molar-refractivity contribution in [3.05, 3.63) is 94.8 Å². The number of carbonyl (C=O) groups is 1. The van der Waals surface area contributed by atoms with E-state index in [0.29, 0.717) is 35.5 Å². The van der Waals surface area contributed by atoms with Crippen LogP contribution in [0.5, 0.6) is 11.5 Å². The van der Waals surface area contributed by atoms with Crippen LogP contribution in [-0.2, 0) is 13.0 Å². The van der Waals surface area contributed by atoms with Gasteiger partial charge in [-0.15, -0.1) is 0 Å². The van der Waals surface area contributed by atoms with Gasteiger partial charge in [-0.3, -0.25) is 9.78 Å². The fourth-order valence-corrected chi connectivity index (χ4v) is 3.09. The maximum absolute atomic E-state index is 12.6. The normalized spacial score (nSPS) is 14.5. The lowest BCUT2D eigenvalue weighted by atomic mass is 10.1.